The second-order valence-electron chi connectivity index (χ2n) is 5.51. The molecule has 2 N–H and O–H groups in total. The molecule has 3 rings (SSSR count). The molecule has 1 aliphatic heterocycles. The minimum atomic E-state index is 0.277. The lowest BCUT2D eigenvalue weighted by atomic mass is 9.85. The summed E-state index contributed by atoms with van der Waals surface area (Å²) in [5.41, 5.74) is 3.65. The van der Waals surface area contributed by atoms with Gasteiger partial charge in [-0.3, -0.25) is 0 Å². The maximum atomic E-state index is 9.85. The number of benzene rings is 2. The van der Waals surface area contributed by atoms with E-state index in [0.29, 0.717) is 12.4 Å². The van der Waals surface area contributed by atoms with Gasteiger partial charge < -0.3 is 15.2 Å². The normalized spacial score (nSPS) is 16.5. The van der Waals surface area contributed by atoms with Gasteiger partial charge in [0.1, 0.15) is 18.1 Å². The van der Waals surface area contributed by atoms with Crippen molar-refractivity contribution in [3.05, 3.63) is 59.2 Å². The van der Waals surface area contributed by atoms with Gasteiger partial charge in [-0.25, -0.2) is 0 Å². The summed E-state index contributed by atoms with van der Waals surface area (Å²) >= 11 is 0. The summed E-state index contributed by atoms with van der Waals surface area (Å²) in [6.07, 6.45) is 2.13. The highest BCUT2D eigenvalue weighted by atomic mass is 16.5. The van der Waals surface area contributed by atoms with E-state index in [2.05, 4.69) is 29.6 Å². The van der Waals surface area contributed by atoms with E-state index in [1.165, 1.54) is 11.1 Å². The largest absolute Gasteiger partial charge is 0.508 e. The average molecular weight is 283 g/mol. The molecule has 1 atom stereocenters. The van der Waals surface area contributed by atoms with Crippen LogP contribution in [0.4, 0.5) is 0 Å². The molecule has 0 amide bonds. The van der Waals surface area contributed by atoms with Crippen LogP contribution < -0.4 is 10.1 Å². The molecule has 2 aromatic carbocycles. The lowest BCUT2D eigenvalue weighted by Gasteiger charge is -2.19. The van der Waals surface area contributed by atoms with Gasteiger partial charge in [-0.05, 0) is 55.8 Å². The van der Waals surface area contributed by atoms with Crippen LogP contribution in [0.15, 0.2) is 42.5 Å². The Morgan fingerprint density at radius 1 is 1.19 bits per heavy atom. The Bertz CT molecular complexity index is 624. The summed E-state index contributed by atoms with van der Waals surface area (Å²) in [5.74, 6) is 1.47. The zero-order valence-corrected chi connectivity index (χ0v) is 12.3. The summed E-state index contributed by atoms with van der Waals surface area (Å²) < 4.78 is 5.94. The standard InChI is InChI=1S/C18H21NO2/c1-19-10-4-7-16-15-6-3-2-5-13(15)12-21-18-9-8-14(20)11-17(16)18/h2-3,5-6,8-9,11,16,19-20H,4,7,10,12H2,1H3. The zero-order valence-electron chi connectivity index (χ0n) is 12.3. The number of hydrogen-bond acceptors (Lipinski definition) is 3. The fourth-order valence-corrected chi connectivity index (χ4v) is 3.06. The Morgan fingerprint density at radius 2 is 2.05 bits per heavy atom. The highest BCUT2D eigenvalue weighted by Crippen LogP contribution is 2.41. The lowest BCUT2D eigenvalue weighted by molar-refractivity contribution is 0.306. The molecule has 0 aliphatic carbocycles. The van der Waals surface area contributed by atoms with Gasteiger partial charge >= 0.3 is 0 Å². The van der Waals surface area contributed by atoms with Crippen LogP contribution in [-0.4, -0.2) is 18.7 Å². The van der Waals surface area contributed by atoms with E-state index >= 15 is 0 Å². The van der Waals surface area contributed by atoms with Gasteiger partial charge in [-0.1, -0.05) is 24.3 Å². The monoisotopic (exact) mass is 283 g/mol. The van der Waals surface area contributed by atoms with Crippen LogP contribution in [0.3, 0.4) is 0 Å². The van der Waals surface area contributed by atoms with Crippen molar-refractivity contribution >= 4 is 0 Å². The van der Waals surface area contributed by atoms with Crippen LogP contribution >= 0.6 is 0 Å². The topological polar surface area (TPSA) is 41.5 Å². The number of phenolic OH excluding ortho intramolecular Hbond substituents is 1. The van der Waals surface area contributed by atoms with E-state index in [1.807, 2.05) is 19.2 Å². The summed E-state index contributed by atoms with van der Waals surface area (Å²) in [6.45, 7) is 1.59. The molecule has 0 saturated carbocycles. The fourth-order valence-electron chi connectivity index (χ4n) is 3.06. The van der Waals surface area contributed by atoms with E-state index in [-0.39, 0.29) is 5.92 Å². The molecule has 0 radical (unpaired) electrons. The minimum Gasteiger partial charge on any atom is -0.508 e. The quantitative estimate of drug-likeness (QED) is 0.845. The molecule has 0 spiro atoms. The van der Waals surface area contributed by atoms with Crippen LogP contribution in [0.5, 0.6) is 11.5 Å². The van der Waals surface area contributed by atoms with Gasteiger partial charge in [0.2, 0.25) is 0 Å². The fraction of sp³-hybridized carbons (Fsp3) is 0.333. The predicted octanol–water partition coefficient (Wildman–Crippen LogP) is 3.42. The molecule has 0 saturated heterocycles. The molecule has 110 valence electrons. The van der Waals surface area contributed by atoms with Crippen LogP contribution in [0, 0.1) is 0 Å². The van der Waals surface area contributed by atoms with Crippen LogP contribution in [0.1, 0.15) is 35.4 Å². The van der Waals surface area contributed by atoms with E-state index in [9.17, 15) is 5.11 Å². The van der Waals surface area contributed by atoms with Gasteiger partial charge in [-0.2, -0.15) is 0 Å². The van der Waals surface area contributed by atoms with Crippen molar-refractivity contribution in [2.45, 2.75) is 25.4 Å². The van der Waals surface area contributed by atoms with E-state index in [0.717, 1.165) is 30.7 Å². The third-order valence-corrected chi connectivity index (χ3v) is 4.10. The van der Waals surface area contributed by atoms with Crippen LogP contribution in [0.25, 0.3) is 0 Å². The first-order valence-electron chi connectivity index (χ1n) is 7.47. The van der Waals surface area contributed by atoms with Crippen LogP contribution in [-0.2, 0) is 6.61 Å². The van der Waals surface area contributed by atoms with Crippen molar-refractivity contribution in [1.82, 2.24) is 5.32 Å². The molecule has 21 heavy (non-hydrogen) atoms. The van der Waals surface area contributed by atoms with Crippen molar-refractivity contribution in [3.8, 4) is 11.5 Å². The molecular weight excluding hydrogens is 262 g/mol. The Kier molecular flexibility index (Phi) is 4.11. The summed E-state index contributed by atoms with van der Waals surface area (Å²) in [5, 5.41) is 13.1. The SMILES string of the molecule is CNCCCC1c2ccccc2COc2ccc(O)cc21. The van der Waals surface area contributed by atoms with Crippen molar-refractivity contribution < 1.29 is 9.84 Å². The van der Waals surface area contributed by atoms with Gasteiger partial charge in [0.15, 0.2) is 0 Å². The number of ether oxygens (including phenoxy) is 1. The lowest BCUT2D eigenvalue weighted by Crippen LogP contribution is -2.10. The summed E-state index contributed by atoms with van der Waals surface area (Å²) in [4.78, 5) is 0. The smallest absolute Gasteiger partial charge is 0.123 e. The second kappa shape index (κ2) is 6.19. The highest BCUT2D eigenvalue weighted by molar-refractivity contribution is 5.49. The third-order valence-electron chi connectivity index (χ3n) is 4.10. The number of rotatable bonds is 4. The Hall–Kier alpha value is -2.00. The molecular formula is C18H21NO2. The number of aromatic hydroxyl groups is 1. The number of hydrogen-bond donors (Lipinski definition) is 2. The molecule has 3 heteroatoms. The van der Waals surface area contributed by atoms with Crippen molar-refractivity contribution in [3.63, 3.8) is 0 Å². The van der Waals surface area contributed by atoms with E-state index in [4.69, 9.17) is 4.74 Å². The highest BCUT2D eigenvalue weighted by Gasteiger charge is 2.24. The molecule has 0 bridgehead atoms. The summed E-state index contributed by atoms with van der Waals surface area (Å²) in [7, 11) is 1.98. The molecule has 1 aliphatic rings. The molecule has 0 fully saturated rings. The Balaban J connectivity index is 2.03. The number of fused-ring (bicyclic) bond motifs is 2. The van der Waals surface area contributed by atoms with E-state index < -0.39 is 0 Å². The molecule has 3 nitrogen and oxygen atoms in total. The maximum absolute atomic E-state index is 9.85. The zero-order chi connectivity index (χ0) is 14.7. The number of nitrogens with one attached hydrogen (secondary N) is 1. The molecule has 1 unspecified atom stereocenters. The molecule has 0 aromatic heterocycles. The Labute approximate surface area is 125 Å². The Morgan fingerprint density at radius 3 is 2.90 bits per heavy atom. The third kappa shape index (κ3) is 2.88. The first-order valence-corrected chi connectivity index (χ1v) is 7.47. The van der Waals surface area contributed by atoms with Crippen molar-refractivity contribution in [1.29, 1.82) is 0 Å². The van der Waals surface area contributed by atoms with Gasteiger partial charge in [0.05, 0.1) is 0 Å². The first kappa shape index (κ1) is 14.0. The van der Waals surface area contributed by atoms with E-state index in [1.54, 1.807) is 6.07 Å². The van der Waals surface area contributed by atoms with Crippen molar-refractivity contribution in [2.75, 3.05) is 13.6 Å². The van der Waals surface area contributed by atoms with Crippen LogP contribution in [0.2, 0.25) is 0 Å². The van der Waals surface area contributed by atoms with Gasteiger partial charge in [0, 0.05) is 11.5 Å². The van der Waals surface area contributed by atoms with Gasteiger partial charge in [-0.15, -0.1) is 0 Å². The summed E-state index contributed by atoms with van der Waals surface area (Å²) in [6, 6.07) is 13.9. The van der Waals surface area contributed by atoms with Crippen molar-refractivity contribution in [2.24, 2.45) is 0 Å². The second-order valence-corrected chi connectivity index (χ2v) is 5.51. The minimum absolute atomic E-state index is 0.277. The number of phenols is 1. The van der Waals surface area contributed by atoms with Gasteiger partial charge in [0.25, 0.3) is 0 Å². The molecule has 2 aromatic rings. The molecule has 1 heterocycles. The first-order chi connectivity index (χ1) is 10.3. The average Bonchev–Trinajstić information content (AvgIpc) is 2.65. The predicted molar refractivity (Wildman–Crippen MR) is 83.9 cm³/mol. The maximum Gasteiger partial charge on any atom is 0.123 e.